The monoisotopic (exact) mass is 334 g/mol. The van der Waals surface area contributed by atoms with Crippen molar-refractivity contribution in [1.29, 1.82) is 0 Å². The second kappa shape index (κ2) is 4.93. The van der Waals surface area contributed by atoms with Gasteiger partial charge in [-0.15, -0.1) is 0 Å². The number of rotatable bonds is 2. The molecule has 0 radical (unpaired) electrons. The van der Waals surface area contributed by atoms with Crippen LogP contribution in [0.15, 0.2) is 35.1 Å². The zero-order valence-corrected chi connectivity index (χ0v) is 13.0. The molecule has 2 aromatic rings. The van der Waals surface area contributed by atoms with Crippen LogP contribution in [-0.2, 0) is 0 Å². The summed E-state index contributed by atoms with van der Waals surface area (Å²) in [7, 11) is 3.95. The predicted molar refractivity (Wildman–Crippen MR) is 81.3 cm³/mol. The summed E-state index contributed by atoms with van der Waals surface area (Å²) in [5.74, 6) is -0.0539. The van der Waals surface area contributed by atoms with Crippen LogP contribution in [0.3, 0.4) is 0 Å². The third kappa shape index (κ3) is 2.09. The summed E-state index contributed by atoms with van der Waals surface area (Å²) in [5.41, 5.74) is 2.19. The van der Waals surface area contributed by atoms with Crippen LogP contribution in [0.4, 0.5) is 5.69 Å². The zero-order valence-electron chi connectivity index (χ0n) is 11.3. The number of anilines is 1. The Morgan fingerprint density at radius 2 is 1.85 bits per heavy atom. The van der Waals surface area contributed by atoms with Gasteiger partial charge in [-0.3, -0.25) is 0 Å². The molecule has 1 aromatic carbocycles. The Labute approximate surface area is 122 Å². The number of aromatic nitrogens is 1. The van der Waals surface area contributed by atoms with E-state index in [0.29, 0.717) is 12.0 Å². The summed E-state index contributed by atoms with van der Waals surface area (Å²) >= 11 is -0.140. The summed E-state index contributed by atoms with van der Waals surface area (Å²) in [6, 6.07) is 7.82. The number of benzene rings is 1. The molecule has 0 fully saturated rings. The molecule has 0 N–H and O–H groups in total. The quantitative estimate of drug-likeness (QED) is 0.784. The number of hydrogen-bond donors (Lipinski definition) is 0. The van der Waals surface area contributed by atoms with Crippen LogP contribution in [0.25, 0.3) is 11.8 Å². The van der Waals surface area contributed by atoms with E-state index < -0.39 is 0 Å². The van der Waals surface area contributed by atoms with Gasteiger partial charge in [0.1, 0.15) is 0 Å². The van der Waals surface area contributed by atoms with Crippen LogP contribution >= 0.6 is 0 Å². The molecule has 3 rings (SSSR count). The normalized spacial score (nSPS) is 13.4. The minimum atomic E-state index is -0.146. The molecular weight excluding hydrogens is 319 g/mol. The molecule has 1 aliphatic rings. The van der Waals surface area contributed by atoms with Crippen molar-refractivity contribution in [2.24, 2.45) is 0 Å². The maximum atomic E-state index is 12.4. The van der Waals surface area contributed by atoms with Gasteiger partial charge >= 0.3 is 122 Å². The third-order valence-corrected chi connectivity index (χ3v) is 5.59. The van der Waals surface area contributed by atoms with E-state index in [0.717, 1.165) is 15.8 Å². The van der Waals surface area contributed by atoms with E-state index in [9.17, 15) is 9.59 Å². The van der Waals surface area contributed by atoms with Gasteiger partial charge in [-0.1, -0.05) is 0 Å². The van der Waals surface area contributed by atoms with Gasteiger partial charge < -0.3 is 0 Å². The molecule has 1 heterocycles. The van der Waals surface area contributed by atoms with E-state index in [2.05, 4.69) is 0 Å². The van der Waals surface area contributed by atoms with Crippen molar-refractivity contribution in [2.45, 2.75) is 6.42 Å². The maximum absolute atomic E-state index is 12.4. The summed E-state index contributed by atoms with van der Waals surface area (Å²) in [4.78, 5) is 26.3. The molecule has 1 aliphatic carbocycles. The number of allylic oxidation sites excluding steroid dienone is 1. The fourth-order valence-corrected chi connectivity index (χ4v) is 4.39. The molecule has 4 nitrogen and oxygen atoms in total. The van der Waals surface area contributed by atoms with Crippen molar-refractivity contribution in [2.75, 3.05) is 19.0 Å². The topological polar surface area (TPSA) is 42.3 Å². The summed E-state index contributed by atoms with van der Waals surface area (Å²) < 4.78 is 2.63. The molecule has 20 heavy (non-hydrogen) atoms. The first-order valence-corrected chi connectivity index (χ1v) is 7.94. The molecule has 0 spiro atoms. The van der Waals surface area contributed by atoms with E-state index in [1.807, 2.05) is 55.4 Å². The van der Waals surface area contributed by atoms with E-state index in [1.54, 1.807) is 3.56 Å². The van der Waals surface area contributed by atoms with Gasteiger partial charge in [-0.05, 0) is 0 Å². The van der Waals surface area contributed by atoms with Gasteiger partial charge in [-0.2, -0.15) is 0 Å². The summed E-state index contributed by atoms with van der Waals surface area (Å²) in [5, 5.41) is 0. The Morgan fingerprint density at radius 1 is 1.15 bits per heavy atom. The first-order chi connectivity index (χ1) is 9.58. The Bertz CT molecular complexity index is 751. The molecule has 1 aromatic heterocycles. The van der Waals surface area contributed by atoms with Gasteiger partial charge in [0.05, 0.1) is 0 Å². The third-order valence-electron chi connectivity index (χ3n) is 3.29. The SMILES string of the molecule is CN(C)c1ccc(-n2[se]c3c(c2=O)C(=O)CC=C3)cc1. The molecule has 5 heteroatoms. The minimum absolute atomic E-state index is 0.0539. The van der Waals surface area contributed by atoms with Crippen molar-refractivity contribution in [1.82, 2.24) is 3.56 Å². The molecule has 0 amide bonds. The van der Waals surface area contributed by atoms with Crippen LogP contribution < -0.4 is 10.5 Å². The van der Waals surface area contributed by atoms with Crippen molar-refractivity contribution in [3.8, 4) is 5.69 Å². The zero-order chi connectivity index (χ0) is 14.3. The van der Waals surface area contributed by atoms with E-state index in [4.69, 9.17) is 0 Å². The Morgan fingerprint density at radius 3 is 2.45 bits per heavy atom. The predicted octanol–water partition coefficient (Wildman–Crippen LogP) is 1.56. The number of ketones is 1. The van der Waals surface area contributed by atoms with Gasteiger partial charge in [0, 0.05) is 0 Å². The number of fused-ring (bicyclic) bond motifs is 1. The summed E-state index contributed by atoms with van der Waals surface area (Å²) in [6.45, 7) is 0. The molecule has 0 unspecified atom stereocenters. The second-order valence-corrected chi connectivity index (χ2v) is 6.94. The van der Waals surface area contributed by atoms with Gasteiger partial charge in [0.25, 0.3) is 0 Å². The average Bonchev–Trinajstić information content (AvgIpc) is 2.77. The molecule has 0 bridgehead atoms. The molecular formula is C15H14N2O2Se. The van der Waals surface area contributed by atoms with Crippen LogP contribution in [0, 0.1) is 0 Å². The average molecular weight is 333 g/mol. The standard InChI is InChI=1S/C15H14N2O2Se/c1-16(2)10-6-8-11(9-7-10)17-15(19)14-12(18)4-3-5-13(14)20-17/h3,5-9H,4H2,1-2H3. The van der Waals surface area contributed by atoms with E-state index >= 15 is 0 Å². The van der Waals surface area contributed by atoms with Gasteiger partial charge in [0.2, 0.25) is 0 Å². The first-order valence-electron chi connectivity index (χ1n) is 6.32. The fraction of sp³-hybridized carbons (Fsp3) is 0.200. The molecule has 0 saturated heterocycles. The van der Waals surface area contributed by atoms with Crippen LogP contribution in [0.1, 0.15) is 21.2 Å². The second-order valence-electron chi connectivity index (χ2n) is 4.87. The number of Topliss-reactive ketones (excluding diaryl/α,β-unsaturated/α-hetero) is 1. The van der Waals surface area contributed by atoms with Crippen molar-refractivity contribution < 1.29 is 4.79 Å². The molecule has 0 atom stereocenters. The Hall–Kier alpha value is -1.84. The number of carbonyl (C=O) groups is 1. The first kappa shape index (κ1) is 13.2. The summed E-state index contributed by atoms with van der Waals surface area (Å²) in [6.07, 6.45) is 4.10. The van der Waals surface area contributed by atoms with Crippen molar-refractivity contribution in [3.63, 3.8) is 0 Å². The van der Waals surface area contributed by atoms with E-state index in [-0.39, 0.29) is 26.1 Å². The van der Waals surface area contributed by atoms with Gasteiger partial charge in [0.15, 0.2) is 0 Å². The fourth-order valence-electron chi connectivity index (χ4n) is 2.19. The number of hydrogen-bond acceptors (Lipinski definition) is 3. The van der Waals surface area contributed by atoms with Gasteiger partial charge in [-0.25, -0.2) is 0 Å². The Balaban J connectivity index is 2.10. The Kier molecular flexibility index (Phi) is 3.24. The van der Waals surface area contributed by atoms with Crippen LogP contribution in [-0.4, -0.2) is 38.2 Å². The van der Waals surface area contributed by atoms with Crippen LogP contribution in [0.5, 0.6) is 0 Å². The van der Waals surface area contributed by atoms with Crippen molar-refractivity contribution in [3.05, 3.63) is 50.7 Å². The van der Waals surface area contributed by atoms with Crippen molar-refractivity contribution >= 4 is 32.3 Å². The molecule has 0 saturated carbocycles. The number of carbonyl (C=O) groups excluding carboxylic acids is 1. The van der Waals surface area contributed by atoms with E-state index in [1.165, 1.54) is 0 Å². The number of nitrogens with zero attached hydrogens (tertiary/aromatic N) is 2. The van der Waals surface area contributed by atoms with Crippen LogP contribution in [0.2, 0.25) is 0 Å². The molecule has 102 valence electrons. The molecule has 0 aliphatic heterocycles.